The minimum atomic E-state index is 0.280. The van der Waals surface area contributed by atoms with Crippen LogP contribution in [0, 0.1) is 0 Å². The number of phenols is 1. The second kappa shape index (κ2) is 8.65. The van der Waals surface area contributed by atoms with E-state index in [1.807, 2.05) is 12.1 Å². The molecule has 2 aliphatic carbocycles. The van der Waals surface area contributed by atoms with Gasteiger partial charge in [-0.15, -0.1) is 0 Å². The summed E-state index contributed by atoms with van der Waals surface area (Å²) in [6.45, 7) is 0. The number of allylic oxidation sites excluding steroid dienone is 7. The average Bonchev–Trinajstić information content (AvgIpc) is 3.06. The van der Waals surface area contributed by atoms with Gasteiger partial charge in [-0.3, -0.25) is 0 Å². The molecular weight excluding hydrogens is 448 g/mol. The SMILES string of the molecule is Oc1ccc(-c2ccc3c(c2)C(=C2C=CC=CC=C2)c2cc(-c4cccc5ccccc45)ccc2-3)cc1. The summed E-state index contributed by atoms with van der Waals surface area (Å²) in [7, 11) is 0. The van der Waals surface area contributed by atoms with Gasteiger partial charge >= 0.3 is 0 Å². The molecule has 0 bridgehead atoms. The van der Waals surface area contributed by atoms with E-state index in [2.05, 4.69) is 115 Å². The highest BCUT2D eigenvalue weighted by Crippen LogP contribution is 2.49. The normalized spacial score (nSPS) is 13.6. The van der Waals surface area contributed by atoms with Crippen LogP contribution < -0.4 is 0 Å². The molecule has 0 saturated carbocycles. The first-order valence-electron chi connectivity index (χ1n) is 12.6. The lowest BCUT2D eigenvalue weighted by molar-refractivity contribution is 0.475. The van der Waals surface area contributed by atoms with Crippen LogP contribution in [0.5, 0.6) is 5.75 Å². The van der Waals surface area contributed by atoms with Crippen LogP contribution in [0.15, 0.2) is 145 Å². The molecule has 0 aliphatic heterocycles. The summed E-state index contributed by atoms with van der Waals surface area (Å²) in [5.41, 5.74) is 12.2. The number of phenolic OH excluding ortho intramolecular Hbond substituents is 1. The fraction of sp³-hybridized carbons (Fsp3) is 0. The van der Waals surface area contributed by atoms with Crippen molar-refractivity contribution in [3.05, 3.63) is 156 Å². The maximum Gasteiger partial charge on any atom is 0.115 e. The van der Waals surface area contributed by atoms with E-state index in [1.54, 1.807) is 12.1 Å². The lowest BCUT2D eigenvalue weighted by atomic mass is 9.92. The van der Waals surface area contributed by atoms with Gasteiger partial charge in [0.1, 0.15) is 5.75 Å². The van der Waals surface area contributed by atoms with Gasteiger partial charge in [0.25, 0.3) is 0 Å². The lowest BCUT2D eigenvalue weighted by Gasteiger charge is -2.11. The van der Waals surface area contributed by atoms with Gasteiger partial charge in [0, 0.05) is 0 Å². The first kappa shape index (κ1) is 21.4. The standard InChI is InChI=1S/C36H24O/c37-29-18-14-24(15-19-29)27-16-20-32-33-21-17-28(31-13-7-11-25-8-5-6-12-30(25)31)23-35(33)36(34(32)22-27)26-9-3-1-2-4-10-26/h1-23,37H. The van der Waals surface area contributed by atoms with Crippen molar-refractivity contribution >= 4 is 16.3 Å². The van der Waals surface area contributed by atoms with E-state index in [9.17, 15) is 5.11 Å². The molecule has 0 spiro atoms. The summed E-state index contributed by atoms with van der Waals surface area (Å²) < 4.78 is 0. The van der Waals surface area contributed by atoms with E-state index in [0.717, 1.165) is 11.1 Å². The number of benzene rings is 5. The van der Waals surface area contributed by atoms with E-state index >= 15 is 0 Å². The van der Waals surface area contributed by atoms with E-state index in [0.29, 0.717) is 0 Å². The highest BCUT2D eigenvalue weighted by Gasteiger charge is 2.26. The molecule has 5 aromatic rings. The molecule has 0 amide bonds. The van der Waals surface area contributed by atoms with Gasteiger partial charge < -0.3 is 5.11 Å². The van der Waals surface area contributed by atoms with Crippen LogP contribution in [0.4, 0.5) is 0 Å². The van der Waals surface area contributed by atoms with Crippen LogP contribution in [0.3, 0.4) is 0 Å². The van der Waals surface area contributed by atoms with Gasteiger partial charge in [0.2, 0.25) is 0 Å². The quantitative estimate of drug-likeness (QED) is 0.266. The molecule has 0 unspecified atom stereocenters. The van der Waals surface area contributed by atoms with Gasteiger partial charge in [-0.2, -0.15) is 0 Å². The highest BCUT2D eigenvalue weighted by molar-refractivity contribution is 6.06. The third-order valence-electron chi connectivity index (χ3n) is 7.34. The molecule has 0 fully saturated rings. The van der Waals surface area contributed by atoms with Gasteiger partial charge in [0.05, 0.1) is 0 Å². The summed E-state index contributed by atoms with van der Waals surface area (Å²) in [5.74, 6) is 0.280. The largest absolute Gasteiger partial charge is 0.508 e. The molecule has 5 aromatic carbocycles. The molecule has 0 atom stereocenters. The van der Waals surface area contributed by atoms with Crippen molar-refractivity contribution in [1.82, 2.24) is 0 Å². The third kappa shape index (κ3) is 3.64. The zero-order valence-corrected chi connectivity index (χ0v) is 20.2. The fourth-order valence-electron chi connectivity index (χ4n) is 5.58. The molecule has 7 rings (SSSR count). The van der Waals surface area contributed by atoms with Crippen molar-refractivity contribution < 1.29 is 5.11 Å². The molecule has 0 radical (unpaired) electrons. The van der Waals surface area contributed by atoms with Crippen molar-refractivity contribution in [1.29, 1.82) is 0 Å². The van der Waals surface area contributed by atoms with Crippen molar-refractivity contribution in [2.45, 2.75) is 0 Å². The second-order valence-corrected chi connectivity index (χ2v) is 9.53. The van der Waals surface area contributed by atoms with E-state index < -0.39 is 0 Å². The fourth-order valence-corrected chi connectivity index (χ4v) is 5.58. The molecule has 0 aromatic heterocycles. The topological polar surface area (TPSA) is 20.2 Å². The van der Waals surface area contributed by atoms with Crippen molar-refractivity contribution in [2.75, 3.05) is 0 Å². The zero-order valence-electron chi connectivity index (χ0n) is 20.2. The van der Waals surface area contributed by atoms with Gasteiger partial charge in [-0.1, -0.05) is 115 Å². The molecule has 37 heavy (non-hydrogen) atoms. The van der Waals surface area contributed by atoms with Crippen LogP contribution in [0.25, 0.3) is 49.7 Å². The number of hydrogen-bond acceptors (Lipinski definition) is 1. The van der Waals surface area contributed by atoms with Crippen LogP contribution in [0.1, 0.15) is 11.1 Å². The Morgan fingerprint density at radius 1 is 0.432 bits per heavy atom. The van der Waals surface area contributed by atoms with Crippen LogP contribution >= 0.6 is 0 Å². The molecule has 0 heterocycles. The zero-order chi connectivity index (χ0) is 24.8. The summed E-state index contributed by atoms with van der Waals surface area (Å²) in [4.78, 5) is 0. The monoisotopic (exact) mass is 472 g/mol. The van der Waals surface area contributed by atoms with Gasteiger partial charge in [0.15, 0.2) is 0 Å². The Hall–Kier alpha value is -4.88. The van der Waals surface area contributed by atoms with Crippen molar-refractivity contribution in [3.8, 4) is 39.1 Å². The smallest absolute Gasteiger partial charge is 0.115 e. The van der Waals surface area contributed by atoms with Gasteiger partial charge in [-0.05, 0) is 90.7 Å². The van der Waals surface area contributed by atoms with Gasteiger partial charge in [-0.25, -0.2) is 0 Å². The number of aromatic hydroxyl groups is 1. The highest BCUT2D eigenvalue weighted by atomic mass is 16.3. The van der Waals surface area contributed by atoms with Crippen LogP contribution in [0.2, 0.25) is 0 Å². The maximum absolute atomic E-state index is 9.77. The molecule has 1 heteroatoms. The number of rotatable bonds is 2. The van der Waals surface area contributed by atoms with Crippen molar-refractivity contribution in [2.24, 2.45) is 0 Å². The number of fused-ring (bicyclic) bond motifs is 4. The average molecular weight is 473 g/mol. The number of hydrogen-bond donors (Lipinski definition) is 1. The molecule has 1 nitrogen and oxygen atoms in total. The third-order valence-corrected chi connectivity index (χ3v) is 7.34. The Labute approximate surface area is 216 Å². The Morgan fingerprint density at radius 2 is 1.05 bits per heavy atom. The lowest BCUT2D eigenvalue weighted by Crippen LogP contribution is -1.89. The Morgan fingerprint density at radius 3 is 1.81 bits per heavy atom. The summed E-state index contributed by atoms with van der Waals surface area (Å²) in [5, 5.41) is 12.3. The summed E-state index contributed by atoms with van der Waals surface area (Å²) in [6, 6.07) is 36.2. The predicted molar refractivity (Wildman–Crippen MR) is 155 cm³/mol. The molecule has 0 saturated heterocycles. The minimum Gasteiger partial charge on any atom is -0.508 e. The minimum absolute atomic E-state index is 0.280. The van der Waals surface area contributed by atoms with E-state index in [-0.39, 0.29) is 5.75 Å². The van der Waals surface area contributed by atoms with E-state index in [1.165, 1.54) is 55.3 Å². The molecular formula is C36H24O. The predicted octanol–water partition coefficient (Wildman–Crippen LogP) is 9.34. The van der Waals surface area contributed by atoms with Crippen molar-refractivity contribution in [3.63, 3.8) is 0 Å². The maximum atomic E-state index is 9.77. The Bertz CT molecular complexity index is 1790. The van der Waals surface area contributed by atoms with Crippen LogP contribution in [-0.2, 0) is 0 Å². The second-order valence-electron chi connectivity index (χ2n) is 9.53. The first-order chi connectivity index (χ1) is 18.3. The first-order valence-corrected chi connectivity index (χ1v) is 12.6. The van der Waals surface area contributed by atoms with E-state index in [4.69, 9.17) is 0 Å². The van der Waals surface area contributed by atoms with Crippen LogP contribution in [-0.4, -0.2) is 5.11 Å². The Kier molecular flexibility index (Phi) is 5.01. The Balaban J connectivity index is 1.46. The molecule has 2 aliphatic rings. The summed E-state index contributed by atoms with van der Waals surface area (Å²) >= 11 is 0. The summed E-state index contributed by atoms with van der Waals surface area (Å²) in [6.07, 6.45) is 12.8. The molecule has 174 valence electrons. The molecule has 1 N–H and O–H groups in total.